The van der Waals surface area contributed by atoms with Gasteiger partial charge in [-0.05, 0) is 35.7 Å². The normalized spacial score (nSPS) is 12.9. The summed E-state index contributed by atoms with van der Waals surface area (Å²) >= 11 is 6.04. The van der Waals surface area contributed by atoms with Crippen molar-refractivity contribution in [2.45, 2.75) is 26.4 Å². The van der Waals surface area contributed by atoms with Crippen LogP contribution in [0.25, 0.3) is 0 Å². The van der Waals surface area contributed by atoms with Gasteiger partial charge in [0.2, 0.25) is 6.79 Å². The zero-order valence-electron chi connectivity index (χ0n) is 17.1. The predicted octanol–water partition coefficient (Wildman–Crippen LogP) is 2.68. The highest BCUT2D eigenvalue weighted by Crippen LogP contribution is 2.32. The molecule has 0 saturated heterocycles. The van der Waals surface area contributed by atoms with E-state index in [4.69, 9.17) is 25.8 Å². The standard InChI is InChI=1S/C22H23ClN2O6/c1-13(2)20(25-21(27)15-5-3-4-6-16(15)23)22(28)29-11-19(26)24-10-14-7-8-17-18(9-14)31-12-30-17/h3-9,13,20H,10-12H2,1-2H3,(H,24,26)(H,25,27). The molecule has 3 rings (SSSR count). The molecule has 1 aliphatic rings. The Labute approximate surface area is 184 Å². The summed E-state index contributed by atoms with van der Waals surface area (Å²) in [5, 5.41) is 5.57. The summed E-state index contributed by atoms with van der Waals surface area (Å²) in [6.45, 7) is 3.47. The van der Waals surface area contributed by atoms with Gasteiger partial charge in [-0.3, -0.25) is 9.59 Å². The zero-order chi connectivity index (χ0) is 22.4. The van der Waals surface area contributed by atoms with Crippen LogP contribution >= 0.6 is 11.6 Å². The molecule has 8 nitrogen and oxygen atoms in total. The van der Waals surface area contributed by atoms with Crippen molar-refractivity contribution >= 4 is 29.4 Å². The predicted molar refractivity (Wildman–Crippen MR) is 113 cm³/mol. The third-order valence-electron chi connectivity index (χ3n) is 4.60. The van der Waals surface area contributed by atoms with E-state index in [1.165, 1.54) is 0 Å². The number of amides is 2. The molecule has 1 heterocycles. The highest BCUT2D eigenvalue weighted by Gasteiger charge is 2.27. The summed E-state index contributed by atoms with van der Waals surface area (Å²) in [6, 6.07) is 10.9. The third kappa shape index (κ3) is 5.88. The lowest BCUT2D eigenvalue weighted by molar-refractivity contribution is -0.151. The molecule has 2 amide bonds. The minimum Gasteiger partial charge on any atom is -0.454 e. The van der Waals surface area contributed by atoms with E-state index < -0.39 is 30.4 Å². The molecule has 1 aliphatic heterocycles. The number of fused-ring (bicyclic) bond motifs is 1. The Morgan fingerprint density at radius 2 is 1.84 bits per heavy atom. The van der Waals surface area contributed by atoms with Gasteiger partial charge in [-0.15, -0.1) is 0 Å². The molecule has 0 radical (unpaired) electrons. The van der Waals surface area contributed by atoms with Gasteiger partial charge >= 0.3 is 5.97 Å². The molecule has 0 bridgehead atoms. The van der Waals surface area contributed by atoms with Gasteiger partial charge in [0.05, 0.1) is 10.6 Å². The van der Waals surface area contributed by atoms with E-state index in [1.807, 2.05) is 0 Å². The smallest absolute Gasteiger partial charge is 0.329 e. The Balaban J connectivity index is 1.49. The SMILES string of the molecule is CC(C)C(NC(=O)c1ccccc1Cl)C(=O)OCC(=O)NCc1ccc2c(c1)OCO2. The molecule has 0 aromatic heterocycles. The summed E-state index contributed by atoms with van der Waals surface area (Å²) in [4.78, 5) is 37.0. The van der Waals surface area contributed by atoms with Crippen LogP contribution in [0.5, 0.6) is 11.5 Å². The minimum absolute atomic E-state index is 0.172. The highest BCUT2D eigenvalue weighted by molar-refractivity contribution is 6.33. The van der Waals surface area contributed by atoms with Crippen LogP contribution in [-0.4, -0.2) is 37.2 Å². The van der Waals surface area contributed by atoms with Gasteiger partial charge in [0, 0.05) is 6.54 Å². The Bertz CT molecular complexity index is 978. The van der Waals surface area contributed by atoms with Gasteiger partial charge < -0.3 is 24.8 Å². The average Bonchev–Trinajstić information content (AvgIpc) is 3.22. The number of ether oxygens (including phenoxy) is 3. The molecule has 0 spiro atoms. The van der Waals surface area contributed by atoms with Crippen LogP contribution in [0.4, 0.5) is 0 Å². The molecular weight excluding hydrogens is 424 g/mol. The van der Waals surface area contributed by atoms with Crippen LogP contribution in [-0.2, 0) is 20.9 Å². The Morgan fingerprint density at radius 1 is 1.10 bits per heavy atom. The van der Waals surface area contributed by atoms with E-state index in [2.05, 4.69) is 10.6 Å². The first-order valence-corrected chi connectivity index (χ1v) is 10.1. The number of hydrogen-bond acceptors (Lipinski definition) is 6. The number of benzene rings is 2. The van der Waals surface area contributed by atoms with E-state index in [9.17, 15) is 14.4 Å². The minimum atomic E-state index is -0.926. The summed E-state index contributed by atoms with van der Waals surface area (Å²) in [6.07, 6.45) is 0. The van der Waals surface area contributed by atoms with Crippen molar-refractivity contribution in [3.8, 4) is 11.5 Å². The number of carbonyl (C=O) groups is 3. The number of nitrogens with one attached hydrogen (secondary N) is 2. The number of esters is 1. The van der Waals surface area contributed by atoms with Crippen molar-refractivity contribution in [1.82, 2.24) is 10.6 Å². The second-order valence-electron chi connectivity index (χ2n) is 7.25. The summed E-state index contributed by atoms with van der Waals surface area (Å²) in [7, 11) is 0. The molecule has 2 aromatic rings. The van der Waals surface area contributed by atoms with Crippen LogP contribution in [0.1, 0.15) is 29.8 Å². The number of hydrogen-bond donors (Lipinski definition) is 2. The largest absolute Gasteiger partial charge is 0.454 e. The van der Waals surface area contributed by atoms with Crippen molar-refractivity contribution < 1.29 is 28.6 Å². The van der Waals surface area contributed by atoms with Gasteiger partial charge in [0.15, 0.2) is 18.1 Å². The fourth-order valence-corrected chi connectivity index (χ4v) is 3.11. The molecule has 1 unspecified atom stereocenters. The van der Waals surface area contributed by atoms with Crippen molar-refractivity contribution in [3.05, 3.63) is 58.6 Å². The van der Waals surface area contributed by atoms with Gasteiger partial charge in [-0.2, -0.15) is 0 Å². The molecule has 2 N–H and O–H groups in total. The second-order valence-corrected chi connectivity index (χ2v) is 7.65. The average molecular weight is 447 g/mol. The van der Waals surface area contributed by atoms with E-state index >= 15 is 0 Å². The Hall–Kier alpha value is -3.26. The van der Waals surface area contributed by atoms with E-state index in [-0.39, 0.29) is 29.8 Å². The zero-order valence-corrected chi connectivity index (χ0v) is 17.9. The van der Waals surface area contributed by atoms with E-state index in [0.29, 0.717) is 11.5 Å². The lowest BCUT2D eigenvalue weighted by Crippen LogP contribution is -2.46. The van der Waals surface area contributed by atoms with Crippen LogP contribution in [0.15, 0.2) is 42.5 Å². The lowest BCUT2D eigenvalue weighted by atomic mass is 10.0. The van der Waals surface area contributed by atoms with Crippen LogP contribution < -0.4 is 20.1 Å². The van der Waals surface area contributed by atoms with Crippen molar-refractivity contribution in [3.63, 3.8) is 0 Å². The van der Waals surface area contributed by atoms with Gasteiger partial charge in [-0.1, -0.05) is 43.6 Å². The highest BCUT2D eigenvalue weighted by atomic mass is 35.5. The molecule has 0 aliphatic carbocycles. The topological polar surface area (TPSA) is 103 Å². The Kier molecular flexibility index (Phi) is 7.36. The molecule has 1 atom stereocenters. The second kappa shape index (κ2) is 10.2. The summed E-state index contributed by atoms with van der Waals surface area (Å²) < 4.78 is 15.7. The Morgan fingerprint density at radius 3 is 2.58 bits per heavy atom. The fourth-order valence-electron chi connectivity index (χ4n) is 2.89. The van der Waals surface area contributed by atoms with Crippen LogP contribution in [0.2, 0.25) is 5.02 Å². The van der Waals surface area contributed by atoms with E-state index in [0.717, 1.165) is 5.56 Å². The number of rotatable bonds is 8. The molecule has 31 heavy (non-hydrogen) atoms. The molecular formula is C22H23ClN2O6. The first-order chi connectivity index (χ1) is 14.8. The molecule has 2 aromatic carbocycles. The summed E-state index contributed by atoms with van der Waals surface area (Å²) in [5.74, 6) is -0.640. The number of halogens is 1. The van der Waals surface area contributed by atoms with Gasteiger partial charge in [-0.25, -0.2) is 4.79 Å². The van der Waals surface area contributed by atoms with Gasteiger partial charge in [0.25, 0.3) is 11.8 Å². The van der Waals surface area contributed by atoms with Crippen LogP contribution in [0.3, 0.4) is 0 Å². The van der Waals surface area contributed by atoms with Crippen molar-refractivity contribution in [1.29, 1.82) is 0 Å². The van der Waals surface area contributed by atoms with E-state index in [1.54, 1.807) is 56.3 Å². The molecule has 164 valence electrons. The first kappa shape index (κ1) is 22.4. The quantitative estimate of drug-likeness (QED) is 0.604. The maximum atomic E-state index is 12.5. The maximum Gasteiger partial charge on any atom is 0.329 e. The molecule has 0 saturated carbocycles. The summed E-state index contributed by atoms with van der Waals surface area (Å²) in [5.41, 5.74) is 1.07. The van der Waals surface area contributed by atoms with Crippen molar-refractivity contribution in [2.75, 3.05) is 13.4 Å². The van der Waals surface area contributed by atoms with Crippen LogP contribution in [0, 0.1) is 5.92 Å². The van der Waals surface area contributed by atoms with Gasteiger partial charge in [0.1, 0.15) is 6.04 Å². The molecule has 9 heteroatoms. The lowest BCUT2D eigenvalue weighted by Gasteiger charge is -2.21. The number of carbonyl (C=O) groups excluding carboxylic acids is 3. The monoisotopic (exact) mass is 446 g/mol. The maximum absolute atomic E-state index is 12.5. The first-order valence-electron chi connectivity index (χ1n) is 9.72. The third-order valence-corrected chi connectivity index (χ3v) is 4.93. The molecule has 0 fully saturated rings. The fraction of sp³-hybridized carbons (Fsp3) is 0.318. The van der Waals surface area contributed by atoms with Crippen molar-refractivity contribution in [2.24, 2.45) is 5.92 Å².